The van der Waals surface area contributed by atoms with Gasteiger partial charge in [-0.1, -0.05) is 17.7 Å². The highest BCUT2D eigenvalue weighted by Gasteiger charge is 2.20. The van der Waals surface area contributed by atoms with Crippen LogP contribution in [0, 0.1) is 24.7 Å². The predicted octanol–water partition coefficient (Wildman–Crippen LogP) is 4.68. The third kappa shape index (κ3) is 1.77. The molecule has 1 heterocycles. The van der Waals surface area contributed by atoms with Crippen LogP contribution in [-0.4, -0.2) is 4.57 Å². The smallest absolute Gasteiger partial charge is 0.166 e. The molecule has 0 radical (unpaired) electrons. The Hall–Kier alpha value is -0.930. The second-order valence-electron chi connectivity index (χ2n) is 5.17. The van der Waals surface area contributed by atoms with Crippen LogP contribution in [-0.2, 0) is 12.8 Å². The van der Waals surface area contributed by atoms with E-state index >= 15 is 0 Å². The van der Waals surface area contributed by atoms with Gasteiger partial charge in [0, 0.05) is 10.6 Å². The molecule has 0 unspecified atom stereocenters. The van der Waals surface area contributed by atoms with E-state index in [1.165, 1.54) is 52.2 Å². The van der Waals surface area contributed by atoms with Gasteiger partial charge >= 0.3 is 0 Å². The van der Waals surface area contributed by atoms with Crippen molar-refractivity contribution >= 4 is 23.6 Å². The van der Waals surface area contributed by atoms with Gasteiger partial charge in [0.05, 0.1) is 5.69 Å². The van der Waals surface area contributed by atoms with Crippen LogP contribution in [0.15, 0.2) is 12.1 Å². The summed E-state index contributed by atoms with van der Waals surface area (Å²) in [6.07, 6.45) is 3.66. The fraction of sp³-hybridized carbons (Fsp3) is 0.400. The zero-order valence-electron chi connectivity index (χ0n) is 11.0. The van der Waals surface area contributed by atoms with Gasteiger partial charge in [-0.15, -0.1) is 11.3 Å². The number of aryl methyl sites for hydroxylation is 4. The van der Waals surface area contributed by atoms with Crippen molar-refractivity contribution < 1.29 is 0 Å². The Balaban J connectivity index is 2.31. The first-order valence-electron chi connectivity index (χ1n) is 6.40. The van der Waals surface area contributed by atoms with Crippen LogP contribution >= 0.6 is 23.6 Å². The number of benzene rings is 1. The van der Waals surface area contributed by atoms with Crippen molar-refractivity contribution in [2.24, 2.45) is 0 Å². The lowest BCUT2D eigenvalue weighted by molar-refractivity contribution is 0.859. The van der Waals surface area contributed by atoms with E-state index in [-0.39, 0.29) is 0 Å². The minimum Gasteiger partial charge on any atom is -0.295 e. The maximum absolute atomic E-state index is 5.58. The fourth-order valence-electron chi connectivity index (χ4n) is 3.06. The SMILES string of the molecule is Cc1cc(C)c(-n2c3c(sc2=S)CCC3)c(C)c1. The molecule has 18 heavy (non-hydrogen) atoms. The number of hydrogen-bond donors (Lipinski definition) is 0. The maximum atomic E-state index is 5.58. The Morgan fingerprint density at radius 1 is 1.11 bits per heavy atom. The van der Waals surface area contributed by atoms with E-state index in [1.54, 1.807) is 11.3 Å². The van der Waals surface area contributed by atoms with Crippen LogP contribution < -0.4 is 0 Å². The monoisotopic (exact) mass is 275 g/mol. The van der Waals surface area contributed by atoms with Gasteiger partial charge in [0.1, 0.15) is 0 Å². The molecule has 0 saturated heterocycles. The average molecular weight is 275 g/mol. The van der Waals surface area contributed by atoms with Gasteiger partial charge in [-0.2, -0.15) is 0 Å². The Kier molecular flexibility index (Phi) is 2.91. The van der Waals surface area contributed by atoms with Crippen LogP contribution in [0.4, 0.5) is 0 Å². The van der Waals surface area contributed by atoms with Gasteiger partial charge < -0.3 is 0 Å². The standard InChI is InChI=1S/C15H17NS2/c1-9-7-10(2)14(11(3)8-9)16-12-5-4-6-13(12)18-15(16)17/h7-8H,4-6H2,1-3H3. The van der Waals surface area contributed by atoms with Crippen LogP contribution in [0.5, 0.6) is 0 Å². The van der Waals surface area contributed by atoms with Crippen molar-refractivity contribution in [3.05, 3.63) is 43.3 Å². The number of aromatic nitrogens is 1. The molecule has 0 amide bonds. The van der Waals surface area contributed by atoms with E-state index in [2.05, 4.69) is 37.5 Å². The van der Waals surface area contributed by atoms with Crippen molar-refractivity contribution in [1.82, 2.24) is 4.57 Å². The van der Waals surface area contributed by atoms with Crippen LogP contribution in [0.2, 0.25) is 0 Å². The van der Waals surface area contributed by atoms with Crippen molar-refractivity contribution in [1.29, 1.82) is 0 Å². The number of fused-ring (bicyclic) bond motifs is 1. The fourth-order valence-corrected chi connectivity index (χ4v) is 4.62. The van der Waals surface area contributed by atoms with Gasteiger partial charge in [0.15, 0.2) is 3.95 Å². The summed E-state index contributed by atoms with van der Waals surface area (Å²) in [6.45, 7) is 6.54. The van der Waals surface area contributed by atoms with E-state index < -0.39 is 0 Å². The Morgan fingerprint density at radius 3 is 2.44 bits per heavy atom. The minimum absolute atomic E-state index is 1.01. The van der Waals surface area contributed by atoms with Crippen molar-refractivity contribution in [3.8, 4) is 5.69 Å². The van der Waals surface area contributed by atoms with E-state index in [4.69, 9.17) is 12.2 Å². The molecule has 0 saturated carbocycles. The van der Waals surface area contributed by atoms with Crippen LogP contribution in [0.25, 0.3) is 5.69 Å². The zero-order chi connectivity index (χ0) is 12.9. The van der Waals surface area contributed by atoms with Gasteiger partial charge in [-0.05, 0) is 63.4 Å². The molecule has 2 aromatic rings. The molecule has 0 N–H and O–H groups in total. The second-order valence-corrected chi connectivity index (χ2v) is 6.90. The second kappa shape index (κ2) is 4.32. The largest absolute Gasteiger partial charge is 0.295 e. The summed E-state index contributed by atoms with van der Waals surface area (Å²) < 4.78 is 3.33. The van der Waals surface area contributed by atoms with E-state index in [9.17, 15) is 0 Å². The highest BCUT2D eigenvalue weighted by molar-refractivity contribution is 7.73. The van der Waals surface area contributed by atoms with Gasteiger partial charge in [0.25, 0.3) is 0 Å². The molecule has 1 nitrogen and oxygen atoms in total. The summed E-state index contributed by atoms with van der Waals surface area (Å²) in [6, 6.07) is 4.51. The molecule has 94 valence electrons. The quantitative estimate of drug-likeness (QED) is 0.684. The molecule has 1 aromatic carbocycles. The summed E-state index contributed by atoms with van der Waals surface area (Å²) in [5.74, 6) is 0. The van der Waals surface area contributed by atoms with E-state index in [0.29, 0.717) is 0 Å². The lowest BCUT2D eigenvalue weighted by Gasteiger charge is -2.14. The first-order valence-corrected chi connectivity index (χ1v) is 7.62. The van der Waals surface area contributed by atoms with E-state index in [1.807, 2.05) is 0 Å². The summed E-state index contributed by atoms with van der Waals surface area (Å²) in [5.41, 5.74) is 6.75. The molecule has 1 aromatic heterocycles. The van der Waals surface area contributed by atoms with Crippen LogP contribution in [0.1, 0.15) is 33.7 Å². The lowest BCUT2D eigenvalue weighted by atomic mass is 10.0. The molecule has 0 fully saturated rings. The summed E-state index contributed by atoms with van der Waals surface area (Å²) in [4.78, 5) is 1.50. The average Bonchev–Trinajstić information content (AvgIpc) is 2.80. The first-order chi connectivity index (χ1) is 8.58. The summed E-state index contributed by atoms with van der Waals surface area (Å²) in [5, 5.41) is 0. The number of rotatable bonds is 1. The molecular weight excluding hydrogens is 258 g/mol. The van der Waals surface area contributed by atoms with Gasteiger partial charge in [-0.25, -0.2) is 0 Å². The molecular formula is C15H17NS2. The molecule has 1 aliphatic rings. The molecule has 0 bridgehead atoms. The molecule has 0 atom stereocenters. The third-order valence-electron chi connectivity index (χ3n) is 3.66. The van der Waals surface area contributed by atoms with Gasteiger partial charge in [-0.3, -0.25) is 4.57 Å². The van der Waals surface area contributed by atoms with Crippen molar-refractivity contribution in [2.75, 3.05) is 0 Å². The Bertz CT molecular complexity index is 653. The number of hydrogen-bond acceptors (Lipinski definition) is 2. The van der Waals surface area contributed by atoms with E-state index in [0.717, 1.165) is 3.95 Å². The maximum Gasteiger partial charge on any atom is 0.166 e. The molecule has 3 heteroatoms. The predicted molar refractivity (Wildman–Crippen MR) is 80.7 cm³/mol. The number of nitrogens with zero attached hydrogens (tertiary/aromatic N) is 1. The minimum atomic E-state index is 1.01. The summed E-state index contributed by atoms with van der Waals surface area (Å²) in [7, 11) is 0. The Morgan fingerprint density at radius 2 is 1.78 bits per heavy atom. The topological polar surface area (TPSA) is 4.93 Å². The zero-order valence-corrected chi connectivity index (χ0v) is 12.7. The van der Waals surface area contributed by atoms with Crippen molar-refractivity contribution in [3.63, 3.8) is 0 Å². The number of thiazole rings is 1. The molecule has 0 spiro atoms. The Labute approximate surface area is 117 Å². The lowest BCUT2D eigenvalue weighted by Crippen LogP contribution is -2.04. The normalized spacial score (nSPS) is 13.9. The molecule has 1 aliphatic carbocycles. The first kappa shape index (κ1) is 12.1. The summed E-state index contributed by atoms with van der Waals surface area (Å²) >= 11 is 7.37. The molecule has 0 aliphatic heterocycles. The highest BCUT2D eigenvalue weighted by atomic mass is 32.1. The third-order valence-corrected chi connectivity index (χ3v) is 5.14. The molecule has 3 rings (SSSR count). The highest BCUT2D eigenvalue weighted by Crippen LogP contribution is 2.33. The van der Waals surface area contributed by atoms with Gasteiger partial charge in [0.2, 0.25) is 0 Å². The van der Waals surface area contributed by atoms with Crippen molar-refractivity contribution in [2.45, 2.75) is 40.0 Å². The van der Waals surface area contributed by atoms with Crippen LogP contribution in [0.3, 0.4) is 0 Å².